The Morgan fingerprint density at radius 2 is 1.71 bits per heavy atom. The van der Waals surface area contributed by atoms with Crippen molar-refractivity contribution in [3.63, 3.8) is 0 Å². The van der Waals surface area contributed by atoms with Crippen LogP contribution in [0.25, 0.3) is 0 Å². The molecule has 0 saturated carbocycles. The van der Waals surface area contributed by atoms with Crippen LogP contribution >= 0.6 is 0 Å². The molecule has 0 aliphatic heterocycles. The molecule has 77 valence electrons. The summed E-state index contributed by atoms with van der Waals surface area (Å²) in [4.78, 5) is 0. The predicted octanol–water partition coefficient (Wildman–Crippen LogP) is 3.35. The maximum absolute atomic E-state index is 11.8. The van der Waals surface area contributed by atoms with E-state index in [1.54, 1.807) is 12.1 Å². The van der Waals surface area contributed by atoms with Crippen molar-refractivity contribution in [3.05, 3.63) is 36.8 Å². The van der Waals surface area contributed by atoms with E-state index in [4.69, 9.17) is 0 Å². The first-order valence-electron chi connectivity index (χ1n) is 4.15. The maximum Gasteiger partial charge on any atom is 0.573 e. The summed E-state index contributed by atoms with van der Waals surface area (Å²) in [6, 6.07) is 5.81. The summed E-state index contributed by atoms with van der Waals surface area (Å²) in [6.45, 7) is 3.65. The number of hydrogen-bond donors (Lipinski definition) is 0. The summed E-state index contributed by atoms with van der Waals surface area (Å²) >= 11 is 0. The molecule has 4 heteroatoms. The number of halogens is 3. The van der Waals surface area contributed by atoms with E-state index in [0.717, 1.165) is 18.4 Å². The molecule has 14 heavy (non-hydrogen) atoms. The second kappa shape index (κ2) is 4.35. The highest BCUT2D eigenvalue weighted by Crippen LogP contribution is 2.22. The molecule has 0 amide bonds. The summed E-state index contributed by atoms with van der Waals surface area (Å²) in [5, 5.41) is 0. The van der Waals surface area contributed by atoms with Gasteiger partial charge in [-0.05, 0) is 30.5 Å². The Hall–Kier alpha value is -1.19. The quantitative estimate of drug-likeness (QED) is 0.731. The van der Waals surface area contributed by atoms with Crippen LogP contribution < -0.4 is 4.74 Å². The van der Waals surface area contributed by atoms with Gasteiger partial charge in [-0.25, -0.2) is 0 Å². The van der Waals surface area contributed by atoms with Gasteiger partial charge in [-0.3, -0.25) is 0 Å². The van der Waals surface area contributed by atoms with Crippen LogP contribution in [0.2, 0.25) is 0 Å². The van der Waals surface area contributed by atoms with E-state index in [-0.39, 0.29) is 5.75 Å². The number of ether oxygens (including phenoxy) is 1. The van der Waals surface area contributed by atoms with Gasteiger partial charge in [0, 0.05) is 0 Å². The first kappa shape index (κ1) is 10.9. The van der Waals surface area contributed by atoms with Crippen molar-refractivity contribution in [2.45, 2.75) is 19.2 Å². The molecule has 1 aromatic rings. The summed E-state index contributed by atoms with van der Waals surface area (Å²) < 4.78 is 39.0. The second-order valence-electron chi connectivity index (χ2n) is 2.80. The van der Waals surface area contributed by atoms with Gasteiger partial charge in [0.2, 0.25) is 0 Å². The van der Waals surface area contributed by atoms with Crippen LogP contribution in [0.15, 0.2) is 24.3 Å². The normalized spacial score (nSPS) is 11.4. The third-order valence-corrected chi connectivity index (χ3v) is 1.62. The topological polar surface area (TPSA) is 9.23 Å². The third kappa shape index (κ3) is 3.68. The fraction of sp³-hybridized carbons (Fsp3) is 0.300. The smallest absolute Gasteiger partial charge is 0.406 e. The van der Waals surface area contributed by atoms with Gasteiger partial charge in [0.15, 0.2) is 0 Å². The van der Waals surface area contributed by atoms with E-state index in [1.807, 2.05) is 0 Å². The predicted molar refractivity (Wildman–Crippen MR) is 46.8 cm³/mol. The number of rotatable bonds is 3. The maximum atomic E-state index is 11.8. The minimum atomic E-state index is -4.62. The molecule has 0 saturated heterocycles. The molecule has 0 atom stereocenters. The van der Waals surface area contributed by atoms with Crippen molar-refractivity contribution in [2.75, 3.05) is 0 Å². The molecule has 1 radical (unpaired) electrons. The first-order valence-corrected chi connectivity index (χ1v) is 4.15. The fourth-order valence-corrected chi connectivity index (χ4v) is 1.06. The van der Waals surface area contributed by atoms with Gasteiger partial charge in [-0.15, -0.1) is 13.2 Å². The lowest BCUT2D eigenvalue weighted by molar-refractivity contribution is -0.274. The van der Waals surface area contributed by atoms with E-state index < -0.39 is 6.36 Å². The van der Waals surface area contributed by atoms with Crippen molar-refractivity contribution in [3.8, 4) is 5.75 Å². The minimum absolute atomic E-state index is 0.190. The van der Waals surface area contributed by atoms with Gasteiger partial charge in [0.1, 0.15) is 5.75 Å². The average molecular weight is 203 g/mol. The van der Waals surface area contributed by atoms with Crippen LogP contribution in [0.4, 0.5) is 13.2 Å². The van der Waals surface area contributed by atoms with Crippen LogP contribution in [-0.4, -0.2) is 6.36 Å². The van der Waals surface area contributed by atoms with Gasteiger partial charge in [-0.1, -0.05) is 19.1 Å². The van der Waals surface area contributed by atoms with E-state index in [2.05, 4.69) is 11.7 Å². The SMILES string of the molecule is [CH2]CCc1ccc(OC(F)(F)F)cc1. The largest absolute Gasteiger partial charge is 0.573 e. The molecule has 1 rings (SSSR count). The Labute approximate surface area is 80.5 Å². The van der Waals surface area contributed by atoms with Crippen molar-refractivity contribution >= 4 is 0 Å². The van der Waals surface area contributed by atoms with Crippen molar-refractivity contribution in [1.82, 2.24) is 0 Å². The Kier molecular flexibility index (Phi) is 3.38. The summed E-state index contributed by atoms with van der Waals surface area (Å²) in [5.41, 5.74) is 0.953. The molecule has 0 aliphatic carbocycles. The Bertz CT molecular complexity index is 276. The van der Waals surface area contributed by atoms with Gasteiger partial charge >= 0.3 is 6.36 Å². The standard InChI is InChI=1S/C10H10F3O/c1-2-3-8-4-6-9(7-5-8)14-10(11,12)13/h4-7H,1-3H2. The van der Waals surface area contributed by atoms with E-state index in [0.29, 0.717) is 0 Å². The summed E-state index contributed by atoms with van der Waals surface area (Å²) in [6.07, 6.45) is -3.14. The second-order valence-corrected chi connectivity index (χ2v) is 2.80. The number of hydrogen-bond acceptors (Lipinski definition) is 1. The molecular formula is C10H10F3O. The monoisotopic (exact) mass is 203 g/mol. The zero-order chi connectivity index (χ0) is 10.6. The van der Waals surface area contributed by atoms with Crippen molar-refractivity contribution in [1.29, 1.82) is 0 Å². The molecule has 0 bridgehead atoms. The van der Waals surface area contributed by atoms with Crippen LogP contribution in [0.3, 0.4) is 0 Å². The molecule has 0 heterocycles. The van der Waals surface area contributed by atoms with Gasteiger partial charge in [0.05, 0.1) is 0 Å². The number of benzene rings is 1. The van der Waals surface area contributed by atoms with Crippen molar-refractivity contribution in [2.24, 2.45) is 0 Å². The molecule has 0 spiro atoms. The molecule has 0 N–H and O–H groups in total. The highest BCUT2D eigenvalue weighted by molar-refractivity contribution is 5.27. The van der Waals surface area contributed by atoms with Crippen LogP contribution in [0.1, 0.15) is 12.0 Å². The van der Waals surface area contributed by atoms with Crippen LogP contribution in [0, 0.1) is 6.92 Å². The van der Waals surface area contributed by atoms with E-state index >= 15 is 0 Å². The number of aryl methyl sites for hydroxylation is 1. The van der Waals surface area contributed by atoms with E-state index in [1.165, 1.54) is 12.1 Å². The minimum Gasteiger partial charge on any atom is -0.406 e. The molecule has 0 aliphatic rings. The zero-order valence-electron chi connectivity index (χ0n) is 7.47. The highest BCUT2D eigenvalue weighted by Gasteiger charge is 2.30. The fourth-order valence-electron chi connectivity index (χ4n) is 1.06. The lowest BCUT2D eigenvalue weighted by Crippen LogP contribution is -2.16. The van der Waals surface area contributed by atoms with Gasteiger partial charge in [-0.2, -0.15) is 0 Å². The molecular weight excluding hydrogens is 193 g/mol. The molecule has 0 aromatic heterocycles. The Morgan fingerprint density at radius 3 is 2.14 bits per heavy atom. The summed E-state index contributed by atoms with van der Waals surface area (Å²) in [7, 11) is 0. The van der Waals surface area contributed by atoms with Crippen molar-refractivity contribution < 1.29 is 17.9 Å². The third-order valence-electron chi connectivity index (χ3n) is 1.62. The Balaban J connectivity index is 2.64. The lowest BCUT2D eigenvalue weighted by Gasteiger charge is -2.08. The first-order chi connectivity index (χ1) is 6.51. The Morgan fingerprint density at radius 1 is 1.14 bits per heavy atom. The van der Waals surface area contributed by atoms with Crippen LogP contribution in [0.5, 0.6) is 5.75 Å². The lowest BCUT2D eigenvalue weighted by atomic mass is 10.1. The van der Waals surface area contributed by atoms with Gasteiger partial charge in [0.25, 0.3) is 0 Å². The molecule has 1 aromatic carbocycles. The van der Waals surface area contributed by atoms with Crippen LogP contribution in [-0.2, 0) is 6.42 Å². The number of alkyl halides is 3. The summed E-state index contributed by atoms with van der Waals surface area (Å²) in [5.74, 6) is -0.190. The average Bonchev–Trinajstić information content (AvgIpc) is 2.06. The van der Waals surface area contributed by atoms with E-state index in [9.17, 15) is 13.2 Å². The zero-order valence-corrected chi connectivity index (χ0v) is 7.47. The van der Waals surface area contributed by atoms with Gasteiger partial charge < -0.3 is 4.74 Å². The highest BCUT2D eigenvalue weighted by atomic mass is 19.4. The molecule has 1 nitrogen and oxygen atoms in total. The molecule has 0 fully saturated rings. The molecule has 0 unspecified atom stereocenters.